The third kappa shape index (κ3) is 3.65. The van der Waals surface area contributed by atoms with Gasteiger partial charge in [-0.3, -0.25) is 14.9 Å². The highest BCUT2D eigenvalue weighted by Gasteiger charge is 2.42. The van der Waals surface area contributed by atoms with Crippen molar-refractivity contribution in [1.29, 1.82) is 0 Å². The molecule has 2 aromatic rings. The lowest BCUT2D eigenvalue weighted by molar-refractivity contribution is -0.384. The zero-order valence-electron chi connectivity index (χ0n) is 16.0. The second kappa shape index (κ2) is 7.90. The second-order valence-corrected chi connectivity index (χ2v) is 7.31. The summed E-state index contributed by atoms with van der Waals surface area (Å²) in [6, 6.07) is 10.7. The first kappa shape index (κ1) is 18.9. The SMILES string of the molecule is C=CCNC(=O)[C@H]1Cc2cc([N+](=O)[O-])ccc2N2CCN(c3ccccn3)C[C@@H]12. The number of rotatable bonds is 5. The maximum absolute atomic E-state index is 12.9. The Hall–Kier alpha value is -3.42. The van der Waals surface area contributed by atoms with Gasteiger partial charge in [-0.2, -0.15) is 0 Å². The number of anilines is 2. The Morgan fingerprint density at radius 2 is 2.21 bits per heavy atom. The monoisotopic (exact) mass is 393 g/mol. The van der Waals surface area contributed by atoms with E-state index in [4.69, 9.17) is 0 Å². The molecule has 0 unspecified atom stereocenters. The summed E-state index contributed by atoms with van der Waals surface area (Å²) in [4.78, 5) is 32.6. The molecule has 8 heteroatoms. The normalized spacial score (nSPS) is 20.4. The van der Waals surface area contributed by atoms with Crippen LogP contribution in [0.5, 0.6) is 0 Å². The number of nitrogens with one attached hydrogen (secondary N) is 1. The number of nitrogens with zero attached hydrogens (tertiary/aromatic N) is 4. The van der Waals surface area contributed by atoms with Crippen LogP contribution in [-0.2, 0) is 11.2 Å². The predicted molar refractivity (Wildman–Crippen MR) is 111 cm³/mol. The van der Waals surface area contributed by atoms with Crippen LogP contribution < -0.4 is 15.1 Å². The molecule has 1 amide bonds. The minimum atomic E-state index is -0.391. The van der Waals surface area contributed by atoms with Gasteiger partial charge in [-0.25, -0.2) is 4.98 Å². The number of nitro benzene ring substituents is 1. The summed E-state index contributed by atoms with van der Waals surface area (Å²) >= 11 is 0. The van der Waals surface area contributed by atoms with E-state index in [0.29, 0.717) is 19.5 Å². The molecule has 0 spiro atoms. The van der Waals surface area contributed by atoms with E-state index in [-0.39, 0.29) is 23.6 Å². The van der Waals surface area contributed by atoms with E-state index >= 15 is 0 Å². The van der Waals surface area contributed by atoms with Crippen LogP contribution >= 0.6 is 0 Å². The maximum Gasteiger partial charge on any atom is 0.269 e. The molecule has 2 atom stereocenters. The number of carbonyl (C=O) groups is 1. The molecule has 1 fully saturated rings. The highest BCUT2D eigenvalue weighted by atomic mass is 16.6. The summed E-state index contributed by atoms with van der Waals surface area (Å²) in [5.74, 6) is 0.530. The van der Waals surface area contributed by atoms with Crippen LogP contribution in [0, 0.1) is 16.0 Å². The first-order chi connectivity index (χ1) is 14.1. The van der Waals surface area contributed by atoms with Gasteiger partial charge in [0, 0.05) is 50.2 Å². The van der Waals surface area contributed by atoms with Gasteiger partial charge in [0.15, 0.2) is 0 Å². The number of non-ortho nitro benzene ring substituents is 1. The average Bonchev–Trinajstić information content (AvgIpc) is 2.76. The molecule has 1 saturated heterocycles. The van der Waals surface area contributed by atoms with Crippen LogP contribution in [0.15, 0.2) is 55.3 Å². The van der Waals surface area contributed by atoms with Crippen molar-refractivity contribution < 1.29 is 9.72 Å². The Kier molecular flexibility index (Phi) is 5.16. The van der Waals surface area contributed by atoms with Crippen LogP contribution in [0.25, 0.3) is 0 Å². The van der Waals surface area contributed by atoms with Gasteiger partial charge in [0.1, 0.15) is 5.82 Å². The third-order valence-corrected chi connectivity index (χ3v) is 5.64. The van der Waals surface area contributed by atoms with Gasteiger partial charge in [-0.05, 0) is 30.2 Å². The third-order valence-electron chi connectivity index (χ3n) is 5.64. The van der Waals surface area contributed by atoms with Gasteiger partial charge >= 0.3 is 0 Å². The molecule has 0 radical (unpaired) electrons. The quantitative estimate of drug-likeness (QED) is 0.476. The molecule has 0 aliphatic carbocycles. The molecular weight excluding hydrogens is 370 g/mol. The number of hydrogen-bond donors (Lipinski definition) is 1. The summed E-state index contributed by atoms with van der Waals surface area (Å²) in [7, 11) is 0. The highest BCUT2D eigenvalue weighted by molar-refractivity contribution is 5.82. The fourth-order valence-corrected chi connectivity index (χ4v) is 4.28. The van der Waals surface area contributed by atoms with Crippen molar-refractivity contribution in [2.45, 2.75) is 12.5 Å². The zero-order chi connectivity index (χ0) is 20.4. The fourth-order valence-electron chi connectivity index (χ4n) is 4.28. The van der Waals surface area contributed by atoms with Crippen LogP contribution in [0.2, 0.25) is 0 Å². The lowest BCUT2D eigenvalue weighted by atomic mass is 9.83. The second-order valence-electron chi connectivity index (χ2n) is 7.31. The first-order valence-corrected chi connectivity index (χ1v) is 9.67. The Bertz CT molecular complexity index is 933. The number of hydrogen-bond acceptors (Lipinski definition) is 6. The molecule has 29 heavy (non-hydrogen) atoms. The van der Waals surface area contributed by atoms with E-state index in [0.717, 1.165) is 30.2 Å². The van der Waals surface area contributed by atoms with Gasteiger partial charge in [0.25, 0.3) is 5.69 Å². The summed E-state index contributed by atoms with van der Waals surface area (Å²) in [6.45, 7) is 6.21. The average molecular weight is 393 g/mol. The molecule has 4 rings (SSSR count). The van der Waals surface area contributed by atoms with Gasteiger partial charge in [-0.15, -0.1) is 6.58 Å². The number of benzene rings is 1. The predicted octanol–water partition coefficient (Wildman–Crippen LogP) is 2.16. The molecule has 1 aromatic carbocycles. The number of pyridine rings is 1. The summed E-state index contributed by atoms with van der Waals surface area (Å²) in [5.41, 5.74) is 1.88. The minimum absolute atomic E-state index is 0.0375. The fraction of sp³-hybridized carbons (Fsp3) is 0.333. The van der Waals surface area contributed by atoms with Gasteiger partial charge < -0.3 is 15.1 Å². The Labute approximate surface area is 169 Å². The van der Waals surface area contributed by atoms with E-state index in [1.165, 1.54) is 0 Å². The van der Waals surface area contributed by atoms with Crippen molar-refractivity contribution >= 4 is 23.1 Å². The Balaban J connectivity index is 1.67. The molecule has 2 aliphatic rings. The summed E-state index contributed by atoms with van der Waals surface area (Å²) in [5, 5.41) is 14.1. The van der Waals surface area contributed by atoms with E-state index in [1.54, 1.807) is 24.4 Å². The minimum Gasteiger partial charge on any atom is -0.364 e. The van der Waals surface area contributed by atoms with Crippen LogP contribution in [0.4, 0.5) is 17.2 Å². The van der Waals surface area contributed by atoms with E-state index < -0.39 is 4.92 Å². The van der Waals surface area contributed by atoms with Crippen molar-refractivity contribution in [1.82, 2.24) is 10.3 Å². The largest absolute Gasteiger partial charge is 0.364 e. The summed E-state index contributed by atoms with van der Waals surface area (Å²) < 4.78 is 0. The van der Waals surface area contributed by atoms with Crippen molar-refractivity contribution in [2.24, 2.45) is 5.92 Å². The first-order valence-electron chi connectivity index (χ1n) is 9.67. The van der Waals surface area contributed by atoms with E-state index in [9.17, 15) is 14.9 Å². The maximum atomic E-state index is 12.9. The van der Waals surface area contributed by atoms with E-state index in [1.807, 2.05) is 24.3 Å². The number of nitro groups is 1. The lowest BCUT2D eigenvalue weighted by Crippen LogP contribution is -2.61. The van der Waals surface area contributed by atoms with Gasteiger partial charge in [0.05, 0.1) is 16.9 Å². The topological polar surface area (TPSA) is 91.6 Å². The van der Waals surface area contributed by atoms with Crippen molar-refractivity contribution in [3.05, 3.63) is 70.9 Å². The molecular formula is C21H23N5O3. The number of piperazine rings is 1. The van der Waals surface area contributed by atoms with Crippen molar-refractivity contribution in [3.63, 3.8) is 0 Å². The molecule has 8 nitrogen and oxygen atoms in total. The smallest absolute Gasteiger partial charge is 0.269 e. The van der Waals surface area contributed by atoms with E-state index in [2.05, 4.69) is 26.7 Å². The Morgan fingerprint density at radius 1 is 1.34 bits per heavy atom. The van der Waals surface area contributed by atoms with Crippen LogP contribution in [-0.4, -0.2) is 48.0 Å². The molecule has 0 saturated carbocycles. The number of amides is 1. The zero-order valence-corrected chi connectivity index (χ0v) is 16.0. The molecule has 1 aromatic heterocycles. The van der Waals surface area contributed by atoms with Gasteiger partial charge in [0.2, 0.25) is 5.91 Å². The molecule has 0 bridgehead atoms. The number of carbonyl (C=O) groups excluding carboxylic acids is 1. The number of aromatic nitrogens is 1. The highest BCUT2D eigenvalue weighted by Crippen LogP contribution is 2.38. The van der Waals surface area contributed by atoms with Gasteiger partial charge in [-0.1, -0.05) is 12.1 Å². The van der Waals surface area contributed by atoms with Crippen LogP contribution in [0.1, 0.15) is 5.56 Å². The molecule has 1 N–H and O–H groups in total. The van der Waals surface area contributed by atoms with Crippen molar-refractivity contribution in [3.8, 4) is 0 Å². The Morgan fingerprint density at radius 3 is 2.93 bits per heavy atom. The molecule has 3 heterocycles. The summed E-state index contributed by atoms with van der Waals surface area (Å²) in [6.07, 6.45) is 3.89. The molecule has 150 valence electrons. The molecule has 2 aliphatic heterocycles. The standard InChI is InChI=1S/C21H23N5O3/c1-2-8-23-21(27)17-13-15-12-16(26(28)29)6-7-18(15)25-11-10-24(14-19(17)25)20-5-3-4-9-22-20/h2-7,9,12,17,19H,1,8,10-11,13-14H2,(H,23,27)/t17-,19-/m0/s1. The van der Waals surface area contributed by atoms with Crippen LogP contribution in [0.3, 0.4) is 0 Å². The van der Waals surface area contributed by atoms with Crippen molar-refractivity contribution in [2.75, 3.05) is 36.0 Å². The lowest BCUT2D eigenvalue weighted by Gasteiger charge is -2.49. The number of fused-ring (bicyclic) bond motifs is 3.